The molecule has 0 saturated heterocycles. The van der Waals surface area contributed by atoms with Gasteiger partial charge in [-0.25, -0.2) is 13.4 Å². The number of halogens is 4. The van der Waals surface area contributed by atoms with Crippen LogP contribution in [0.2, 0.25) is 0 Å². The first-order chi connectivity index (χ1) is 9.51. The van der Waals surface area contributed by atoms with Crippen LogP contribution in [-0.4, -0.2) is 30.4 Å². The number of pyridine rings is 1. The number of aromatic nitrogens is 1. The number of rotatable bonds is 5. The van der Waals surface area contributed by atoms with Gasteiger partial charge in [0.15, 0.2) is 14.9 Å². The van der Waals surface area contributed by atoms with Crippen LogP contribution in [0.5, 0.6) is 0 Å². The van der Waals surface area contributed by atoms with Crippen molar-refractivity contribution in [3.8, 4) is 0 Å². The summed E-state index contributed by atoms with van der Waals surface area (Å²) in [4.78, 5) is 14.3. The number of nitrogens with two attached hydrogens (primary N) is 1. The molecule has 1 rings (SSSR count). The zero-order valence-electron chi connectivity index (χ0n) is 10.8. The molecule has 1 aromatic rings. The molecule has 1 amide bonds. The molecule has 118 valence electrons. The van der Waals surface area contributed by atoms with Crippen molar-refractivity contribution in [1.82, 2.24) is 4.98 Å². The number of hydrogen-bond donors (Lipinski definition) is 1. The van der Waals surface area contributed by atoms with Crippen molar-refractivity contribution in [2.24, 2.45) is 5.73 Å². The summed E-state index contributed by atoms with van der Waals surface area (Å²) in [6.07, 6.45) is -4.84. The van der Waals surface area contributed by atoms with Gasteiger partial charge in [-0.05, 0) is 25.5 Å². The quantitative estimate of drug-likeness (QED) is 0.827. The number of alkyl halides is 4. The Labute approximate surface area is 124 Å². The van der Waals surface area contributed by atoms with Gasteiger partial charge in [-0.15, -0.1) is 11.6 Å². The normalized spacial score (nSPS) is 14.0. The van der Waals surface area contributed by atoms with E-state index >= 15 is 0 Å². The van der Waals surface area contributed by atoms with Crippen molar-refractivity contribution >= 4 is 27.3 Å². The highest BCUT2D eigenvalue weighted by atomic mass is 35.5. The third-order valence-electron chi connectivity index (χ3n) is 2.73. The molecule has 1 aromatic heterocycles. The fraction of sp³-hybridized carbons (Fsp3) is 0.455. The van der Waals surface area contributed by atoms with E-state index in [1.54, 1.807) is 0 Å². The molecule has 21 heavy (non-hydrogen) atoms. The lowest BCUT2D eigenvalue weighted by molar-refractivity contribution is -0.141. The lowest BCUT2D eigenvalue weighted by atomic mass is 10.2. The van der Waals surface area contributed by atoms with Crippen LogP contribution >= 0.6 is 11.6 Å². The number of carbonyl (C=O) groups excluding carboxylic acids is 1. The minimum Gasteiger partial charge on any atom is -0.366 e. The predicted molar refractivity (Wildman–Crippen MR) is 69.7 cm³/mol. The van der Waals surface area contributed by atoms with Crippen LogP contribution in [0, 0.1) is 0 Å². The molecule has 0 radical (unpaired) electrons. The molecule has 0 spiro atoms. The van der Waals surface area contributed by atoms with Crippen molar-refractivity contribution in [2.45, 2.75) is 29.8 Å². The fourth-order valence-corrected chi connectivity index (χ4v) is 3.47. The topological polar surface area (TPSA) is 90.1 Å². The summed E-state index contributed by atoms with van der Waals surface area (Å²) in [6, 6.07) is 1.21. The summed E-state index contributed by atoms with van der Waals surface area (Å²) in [5.41, 5.74) is 3.00. The molecule has 1 atom stereocenters. The monoisotopic (exact) mass is 344 g/mol. The fourth-order valence-electron chi connectivity index (χ4n) is 1.50. The number of primary amides is 1. The SMILES string of the molecule is CC(CCCl)S(=O)(=O)c1nc(C(F)(F)F)ccc1C(N)=O. The van der Waals surface area contributed by atoms with E-state index in [2.05, 4.69) is 4.98 Å². The molecular formula is C11H12ClF3N2O3S. The number of sulfone groups is 1. The van der Waals surface area contributed by atoms with Crippen molar-refractivity contribution in [3.63, 3.8) is 0 Å². The van der Waals surface area contributed by atoms with Gasteiger partial charge in [-0.1, -0.05) is 0 Å². The van der Waals surface area contributed by atoms with Gasteiger partial charge in [0.05, 0.1) is 10.8 Å². The third-order valence-corrected chi connectivity index (χ3v) is 5.09. The van der Waals surface area contributed by atoms with E-state index in [1.165, 1.54) is 6.92 Å². The minimum atomic E-state index is -4.84. The van der Waals surface area contributed by atoms with Crippen LogP contribution in [0.4, 0.5) is 13.2 Å². The molecule has 5 nitrogen and oxygen atoms in total. The van der Waals surface area contributed by atoms with Crippen LogP contribution in [-0.2, 0) is 16.0 Å². The summed E-state index contributed by atoms with van der Waals surface area (Å²) in [7, 11) is -4.26. The molecule has 1 heterocycles. The van der Waals surface area contributed by atoms with Gasteiger partial charge in [-0.3, -0.25) is 4.79 Å². The Morgan fingerprint density at radius 2 is 2.00 bits per heavy atom. The maximum atomic E-state index is 12.6. The van der Waals surface area contributed by atoms with E-state index in [0.29, 0.717) is 12.1 Å². The van der Waals surface area contributed by atoms with Crippen LogP contribution in [0.25, 0.3) is 0 Å². The molecule has 0 aromatic carbocycles. The largest absolute Gasteiger partial charge is 0.433 e. The molecule has 0 aliphatic heterocycles. The number of nitrogens with zero attached hydrogens (tertiary/aromatic N) is 1. The van der Waals surface area contributed by atoms with Gasteiger partial charge < -0.3 is 5.73 Å². The van der Waals surface area contributed by atoms with Gasteiger partial charge in [-0.2, -0.15) is 13.2 Å². The maximum absolute atomic E-state index is 12.6. The zero-order chi connectivity index (χ0) is 16.4. The standard InChI is InChI=1S/C11H12ClF3N2O3S/c1-6(4-5-12)21(19,20)10-7(9(16)18)2-3-8(17-10)11(13,14)15/h2-3,6H,4-5H2,1H3,(H2,16,18). The molecule has 0 saturated carbocycles. The first-order valence-electron chi connectivity index (χ1n) is 5.69. The summed E-state index contributed by atoms with van der Waals surface area (Å²) in [6.45, 7) is 1.27. The van der Waals surface area contributed by atoms with Crippen molar-refractivity contribution in [1.29, 1.82) is 0 Å². The summed E-state index contributed by atoms with van der Waals surface area (Å²) in [5, 5.41) is -2.06. The summed E-state index contributed by atoms with van der Waals surface area (Å²) < 4.78 is 62.4. The highest BCUT2D eigenvalue weighted by molar-refractivity contribution is 7.92. The van der Waals surface area contributed by atoms with E-state index in [1.807, 2.05) is 0 Å². The molecule has 2 N–H and O–H groups in total. The van der Waals surface area contributed by atoms with E-state index in [-0.39, 0.29) is 12.3 Å². The summed E-state index contributed by atoms with van der Waals surface area (Å²) in [5.74, 6) is -1.18. The van der Waals surface area contributed by atoms with Crippen LogP contribution < -0.4 is 5.73 Å². The molecule has 10 heteroatoms. The van der Waals surface area contributed by atoms with Crippen molar-refractivity contribution < 1.29 is 26.4 Å². The molecule has 1 unspecified atom stereocenters. The Hall–Kier alpha value is -1.35. The second-order valence-electron chi connectivity index (χ2n) is 4.24. The number of carbonyl (C=O) groups is 1. The first kappa shape index (κ1) is 17.7. The Morgan fingerprint density at radius 3 is 2.43 bits per heavy atom. The van der Waals surface area contributed by atoms with Gasteiger partial charge in [0.1, 0.15) is 5.69 Å². The zero-order valence-corrected chi connectivity index (χ0v) is 12.4. The van der Waals surface area contributed by atoms with E-state index in [0.717, 1.165) is 0 Å². The number of hydrogen-bond acceptors (Lipinski definition) is 4. The van der Waals surface area contributed by atoms with Crippen molar-refractivity contribution in [2.75, 3.05) is 5.88 Å². The Kier molecular flexibility index (Phi) is 5.21. The smallest absolute Gasteiger partial charge is 0.366 e. The van der Waals surface area contributed by atoms with Gasteiger partial charge in [0.2, 0.25) is 0 Å². The van der Waals surface area contributed by atoms with E-state index < -0.39 is 43.5 Å². The maximum Gasteiger partial charge on any atom is 0.433 e. The Bertz CT molecular complexity index is 647. The molecule has 0 aliphatic carbocycles. The first-order valence-corrected chi connectivity index (χ1v) is 7.77. The Morgan fingerprint density at radius 1 is 1.43 bits per heavy atom. The molecule has 0 fully saturated rings. The van der Waals surface area contributed by atoms with Crippen LogP contribution in [0.1, 0.15) is 29.4 Å². The molecule has 0 bridgehead atoms. The van der Waals surface area contributed by atoms with Crippen LogP contribution in [0.3, 0.4) is 0 Å². The second-order valence-corrected chi connectivity index (χ2v) is 6.90. The minimum absolute atomic E-state index is 0.0000161. The summed E-state index contributed by atoms with van der Waals surface area (Å²) >= 11 is 5.44. The highest BCUT2D eigenvalue weighted by Crippen LogP contribution is 2.30. The van der Waals surface area contributed by atoms with Gasteiger partial charge >= 0.3 is 6.18 Å². The average molecular weight is 345 g/mol. The van der Waals surface area contributed by atoms with Gasteiger partial charge in [0, 0.05) is 5.88 Å². The Balaban J connectivity index is 3.54. The molecular weight excluding hydrogens is 333 g/mol. The number of amides is 1. The lowest BCUT2D eigenvalue weighted by Gasteiger charge is -2.15. The lowest BCUT2D eigenvalue weighted by Crippen LogP contribution is -2.26. The van der Waals surface area contributed by atoms with E-state index in [9.17, 15) is 26.4 Å². The van der Waals surface area contributed by atoms with Gasteiger partial charge in [0.25, 0.3) is 5.91 Å². The molecule has 0 aliphatic rings. The van der Waals surface area contributed by atoms with Crippen molar-refractivity contribution in [3.05, 3.63) is 23.4 Å². The third kappa shape index (κ3) is 3.85. The second kappa shape index (κ2) is 6.18. The van der Waals surface area contributed by atoms with E-state index in [4.69, 9.17) is 17.3 Å². The van der Waals surface area contributed by atoms with Crippen LogP contribution in [0.15, 0.2) is 17.2 Å². The predicted octanol–water partition coefficient (Wildman–Crippen LogP) is 1.99. The highest BCUT2D eigenvalue weighted by Gasteiger charge is 2.36. The average Bonchev–Trinajstić information content (AvgIpc) is 2.37.